The molecule has 0 amide bonds. The smallest absolute Gasteiger partial charge is 0.135 e. The zero-order valence-corrected chi connectivity index (χ0v) is 12.2. The quantitative estimate of drug-likeness (QED) is 0.613. The van der Waals surface area contributed by atoms with Crippen molar-refractivity contribution in [3.8, 4) is 6.07 Å². The van der Waals surface area contributed by atoms with Gasteiger partial charge in [-0.15, -0.1) is 11.3 Å². The van der Waals surface area contributed by atoms with Crippen molar-refractivity contribution in [2.24, 2.45) is 0 Å². The molecule has 0 saturated carbocycles. The Balaban J connectivity index is 2.14. The van der Waals surface area contributed by atoms with E-state index in [0.717, 1.165) is 10.2 Å². The van der Waals surface area contributed by atoms with Crippen LogP contribution in [0.4, 0.5) is 4.39 Å². The maximum Gasteiger partial charge on any atom is 0.135 e. The van der Waals surface area contributed by atoms with Crippen LogP contribution in [0.3, 0.4) is 0 Å². The Kier molecular flexibility index (Phi) is 3.70. The SMILES string of the molecule is N#CC(=Cc1c(F)cccc1Cl)c1nc2ccccc2s1. The maximum absolute atomic E-state index is 13.8. The molecule has 0 N–H and O–H groups in total. The summed E-state index contributed by atoms with van der Waals surface area (Å²) in [5.74, 6) is -0.462. The monoisotopic (exact) mass is 314 g/mol. The Morgan fingerprint density at radius 2 is 2.05 bits per heavy atom. The molecule has 0 spiro atoms. The molecular formula is C16H8ClFN2S. The second kappa shape index (κ2) is 5.65. The molecule has 102 valence electrons. The number of para-hydroxylation sites is 1. The van der Waals surface area contributed by atoms with E-state index in [1.165, 1.54) is 29.5 Å². The standard InChI is InChI=1S/C16H8ClFN2S/c17-12-4-3-5-13(18)11(12)8-10(9-19)16-20-14-6-1-2-7-15(14)21-16/h1-8H. The molecule has 0 fully saturated rings. The van der Waals surface area contributed by atoms with Crippen LogP contribution < -0.4 is 0 Å². The summed E-state index contributed by atoms with van der Waals surface area (Å²) in [6, 6.07) is 14.1. The van der Waals surface area contributed by atoms with E-state index in [2.05, 4.69) is 11.1 Å². The number of benzene rings is 2. The molecule has 0 bridgehead atoms. The highest BCUT2D eigenvalue weighted by atomic mass is 35.5. The van der Waals surface area contributed by atoms with Crippen LogP contribution in [0.2, 0.25) is 5.02 Å². The number of hydrogen-bond donors (Lipinski definition) is 0. The molecule has 0 aliphatic rings. The number of hydrogen-bond acceptors (Lipinski definition) is 3. The zero-order chi connectivity index (χ0) is 14.8. The molecule has 0 radical (unpaired) electrons. The Morgan fingerprint density at radius 1 is 1.24 bits per heavy atom. The third kappa shape index (κ3) is 2.66. The summed E-state index contributed by atoms with van der Waals surface area (Å²) in [6.07, 6.45) is 1.44. The van der Waals surface area contributed by atoms with Crippen LogP contribution in [-0.4, -0.2) is 4.98 Å². The minimum absolute atomic E-state index is 0.204. The number of allylic oxidation sites excluding steroid dienone is 1. The van der Waals surface area contributed by atoms with Gasteiger partial charge in [-0.25, -0.2) is 9.37 Å². The Morgan fingerprint density at radius 3 is 2.76 bits per heavy atom. The molecule has 0 atom stereocenters. The van der Waals surface area contributed by atoms with Crippen molar-refractivity contribution in [2.45, 2.75) is 0 Å². The number of thiazole rings is 1. The molecule has 2 nitrogen and oxygen atoms in total. The van der Waals surface area contributed by atoms with Crippen LogP contribution in [-0.2, 0) is 0 Å². The predicted octanol–water partition coefficient (Wildman–Crippen LogP) is 5.15. The summed E-state index contributed by atoms with van der Waals surface area (Å²) in [5, 5.41) is 10.2. The molecule has 0 aliphatic heterocycles. The summed E-state index contributed by atoms with van der Waals surface area (Å²) in [6.45, 7) is 0. The van der Waals surface area contributed by atoms with Crippen LogP contribution in [0.1, 0.15) is 10.6 Å². The molecule has 1 heterocycles. The topological polar surface area (TPSA) is 36.7 Å². The highest BCUT2D eigenvalue weighted by Crippen LogP contribution is 2.30. The third-order valence-electron chi connectivity index (χ3n) is 2.93. The van der Waals surface area contributed by atoms with E-state index in [9.17, 15) is 9.65 Å². The fraction of sp³-hybridized carbons (Fsp3) is 0. The van der Waals surface area contributed by atoms with Gasteiger partial charge in [-0.1, -0.05) is 29.8 Å². The van der Waals surface area contributed by atoms with Gasteiger partial charge in [-0.2, -0.15) is 5.26 Å². The van der Waals surface area contributed by atoms with Crippen molar-refractivity contribution in [1.82, 2.24) is 4.98 Å². The first-order valence-corrected chi connectivity index (χ1v) is 7.30. The number of aromatic nitrogens is 1. The van der Waals surface area contributed by atoms with Gasteiger partial charge in [0.1, 0.15) is 16.9 Å². The van der Waals surface area contributed by atoms with Crippen LogP contribution in [0.15, 0.2) is 42.5 Å². The summed E-state index contributed by atoms with van der Waals surface area (Å²) < 4.78 is 14.8. The second-order valence-electron chi connectivity index (χ2n) is 4.29. The first-order valence-electron chi connectivity index (χ1n) is 6.11. The largest absolute Gasteiger partial charge is 0.235 e. The van der Waals surface area contributed by atoms with Crippen molar-refractivity contribution in [1.29, 1.82) is 5.26 Å². The van der Waals surface area contributed by atoms with Gasteiger partial charge in [0, 0.05) is 5.56 Å². The van der Waals surface area contributed by atoms with Gasteiger partial charge >= 0.3 is 0 Å². The number of halogens is 2. The molecule has 3 aromatic rings. The predicted molar refractivity (Wildman–Crippen MR) is 84.5 cm³/mol. The fourth-order valence-electron chi connectivity index (χ4n) is 1.92. The Labute approximate surface area is 129 Å². The van der Waals surface area contributed by atoms with Crippen LogP contribution in [0, 0.1) is 17.1 Å². The lowest BCUT2D eigenvalue weighted by Crippen LogP contribution is -1.86. The van der Waals surface area contributed by atoms with Gasteiger partial charge < -0.3 is 0 Å². The first kappa shape index (κ1) is 13.7. The van der Waals surface area contributed by atoms with Crippen molar-refractivity contribution in [2.75, 3.05) is 0 Å². The minimum Gasteiger partial charge on any atom is -0.235 e. The maximum atomic E-state index is 13.8. The van der Waals surface area contributed by atoms with Gasteiger partial charge in [0.25, 0.3) is 0 Å². The average molecular weight is 315 g/mol. The van der Waals surface area contributed by atoms with E-state index in [1.54, 1.807) is 6.07 Å². The van der Waals surface area contributed by atoms with Crippen molar-refractivity contribution < 1.29 is 4.39 Å². The molecule has 5 heteroatoms. The number of rotatable bonds is 2. The average Bonchev–Trinajstić information content (AvgIpc) is 2.90. The molecule has 2 aromatic carbocycles. The molecule has 0 aliphatic carbocycles. The molecule has 0 saturated heterocycles. The van der Waals surface area contributed by atoms with Crippen LogP contribution >= 0.6 is 22.9 Å². The van der Waals surface area contributed by atoms with Crippen LogP contribution in [0.25, 0.3) is 21.9 Å². The van der Waals surface area contributed by atoms with Crippen molar-refractivity contribution in [3.63, 3.8) is 0 Å². The highest BCUT2D eigenvalue weighted by Gasteiger charge is 2.11. The lowest BCUT2D eigenvalue weighted by Gasteiger charge is -2.00. The summed E-state index contributed by atoms with van der Waals surface area (Å²) in [5.41, 5.74) is 1.32. The minimum atomic E-state index is -0.462. The molecule has 21 heavy (non-hydrogen) atoms. The normalized spacial score (nSPS) is 11.6. The third-order valence-corrected chi connectivity index (χ3v) is 4.33. The highest BCUT2D eigenvalue weighted by molar-refractivity contribution is 7.19. The van der Waals surface area contributed by atoms with E-state index in [1.807, 2.05) is 24.3 Å². The summed E-state index contributed by atoms with van der Waals surface area (Å²) in [7, 11) is 0. The van der Waals surface area contributed by atoms with Crippen LogP contribution in [0.5, 0.6) is 0 Å². The van der Waals surface area contributed by atoms with E-state index >= 15 is 0 Å². The number of fused-ring (bicyclic) bond motifs is 1. The van der Waals surface area contributed by atoms with Gasteiger partial charge in [-0.05, 0) is 30.3 Å². The van der Waals surface area contributed by atoms with Crippen molar-refractivity contribution in [3.05, 3.63) is 63.9 Å². The number of nitriles is 1. The van der Waals surface area contributed by atoms with Gasteiger partial charge in [0.15, 0.2) is 0 Å². The van der Waals surface area contributed by atoms with Gasteiger partial charge in [0.05, 0.1) is 20.8 Å². The molecule has 0 unspecified atom stereocenters. The lowest BCUT2D eigenvalue weighted by atomic mass is 10.1. The van der Waals surface area contributed by atoms with Crippen molar-refractivity contribution >= 4 is 44.8 Å². The summed E-state index contributed by atoms with van der Waals surface area (Å²) >= 11 is 7.38. The zero-order valence-electron chi connectivity index (χ0n) is 10.7. The van der Waals surface area contributed by atoms with Gasteiger partial charge in [-0.3, -0.25) is 0 Å². The number of nitrogens with zero attached hydrogens (tertiary/aromatic N) is 2. The second-order valence-corrected chi connectivity index (χ2v) is 5.73. The first-order chi connectivity index (χ1) is 10.2. The van der Waals surface area contributed by atoms with E-state index < -0.39 is 5.82 Å². The van der Waals surface area contributed by atoms with E-state index in [-0.39, 0.29) is 10.6 Å². The van der Waals surface area contributed by atoms with E-state index in [0.29, 0.717) is 10.6 Å². The van der Waals surface area contributed by atoms with E-state index in [4.69, 9.17) is 11.6 Å². The summed E-state index contributed by atoms with van der Waals surface area (Å²) in [4.78, 5) is 4.40. The Bertz CT molecular complexity index is 839. The molecule has 3 rings (SSSR count). The Hall–Kier alpha value is -2.22. The lowest BCUT2D eigenvalue weighted by molar-refractivity contribution is 0.625. The van der Waals surface area contributed by atoms with Gasteiger partial charge in [0.2, 0.25) is 0 Å². The molecular weight excluding hydrogens is 307 g/mol. The fourth-order valence-corrected chi connectivity index (χ4v) is 3.07. The molecule has 1 aromatic heterocycles.